The number of nitrogens with one attached hydrogen (secondary N) is 1. The molecule has 3 aromatic heterocycles. The van der Waals surface area contributed by atoms with Crippen molar-refractivity contribution in [2.45, 2.75) is 33.8 Å². The molecule has 0 aliphatic heterocycles. The number of aryl methyl sites for hydroxylation is 2. The van der Waals surface area contributed by atoms with Crippen LogP contribution in [0.4, 0.5) is 5.13 Å². The van der Waals surface area contributed by atoms with E-state index in [9.17, 15) is 14.9 Å². The minimum Gasteiger partial charge on any atom is -0.490 e. The van der Waals surface area contributed by atoms with Crippen molar-refractivity contribution < 1.29 is 14.3 Å². The Hall–Kier alpha value is -4.08. The predicted octanol–water partition coefficient (Wildman–Crippen LogP) is 4.00. The molecule has 0 radical (unpaired) electrons. The molecule has 0 saturated heterocycles. The molecule has 0 unspecified atom stereocenters. The van der Waals surface area contributed by atoms with Gasteiger partial charge < -0.3 is 9.47 Å². The molecule has 36 heavy (non-hydrogen) atoms. The summed E-state index contributed by atoms with van der Waals surface area (Å²) in [7, 11) is 0. The van der Waals surface area contributed by atoms with E-state index >= 15 is 0 Å². The lowest BCUT2D eigenvalue weighted by molar-refractivity contribution is -0.112. The second kappa shape index (κ2) is 11.1. The molecule has 4 rings (SSSR count). The number of nitriles is 1. The second-order valence-electron chi connectivity index (χ2n) is 7.48. The molecule has 0 bridgehead atoms. The number of rotatable bonds is 9. The van der Waals surface area contributed by atoms with Gasteiger partial charge in [-0.3, -0.25) is 14.9 Å². The number of fused-ring (bicyclic) bond motifs is 1. The fourth-order valence-corrected chi connectivity index (χ4v) is 4.70. The van der Waals surface area contributed by atoms with E-state index in [-0.39, 0.29) is 17.7 Å². The van der Waals surface area contributed by atoms with Gasteiger partial charge in [0, 0.05) is 11.4 Å². The average molecular weight is 523 g/mol. The van der Waals surface area contributed by atoms with Gasteiger partial charge in [0.2, 0.25) is 4.96 Å². The molecule has 184 valence electrons. The number of hydrogen-bond acceptors (Lipinski definition) is 10. The first kappa shape index (κ1) is 25.0. The first-order valence-corrected chi connectivity index (χ1v) is 12.7. The van der Waals surface area contributed by atoms with Crippen LogP contribution in [-0.2, 0) is 17.8 Å². The fraction of sp³-hybridized carbons (Fsp3) is 0.250. The second-order valence-corrected chi connectivity index (χ2v) is 9.37. The van der Waals surface area contributed by atoms with Crippen molar-refractivity contribution in [3.63, 3.8) is 0 Å². The Balaban J connectivity index is 1.53. The van der Waals surface area contributed by atoms with Gasteiger partial charge >= 0.3 is 0 Å². The van der Waals surface area contributed by atoms with Crippen molar-refractivity contribution >= 4 is 44.7 Å². The molecule has 1 N–H and O–H groups in total. The van der Waals surface area contributed by atoms with Crippen molar-refractivity contribution in [1.29, 1.82) is 5.26 Å². The van der Waals surface area contributed by atoms with E-state index in [1.165, 1.54) is 39.3 Å². The zero-order valence-electron chi connectivity index (χ0n) is 19.8. The van der Waals surface area contributed by atoms with E-state index in [0.29, 0.717) is 39.5 Å². The number of hydrogen-bond donors (Lipinski definition) is 1. The maximum atomic E-state index is 12.5. The summed E-state index contributed by atoms with van der Waals surface area (Å²) >= 11 is 2.65. The Kier molecular flexibility index (Phi) is 7.72. The number of nitrogens with zero attached hydrogens (tertiary/aromatic N) is 5. The van der Waals surface area contributed by atoms with Gasteiger partial charge in [-0.25, -0.2) is 9.97 Å². The molecule has 0 aliphatic carbocycles. The summed E-state index contributed by atoms with van der Waals surface area (Å²) in [6.45, 7) is 6.06. The van der Waals surface area contributed by atoms with Crippen molar-refractivity contribution in [2.75, 3.05) is 11.9 Å². The van der Waals surface area contributed by atoms with E-state index in [1.54, 1.807) is 18.2 Å². The molecule has 12 heteroatoms. The van der Waals surface area contributed by atoms with Crippen LogP contribution in [0.2, 0.25) is 0 Å². The summed E-state index contributed by atoms with van der Waals surface area (Å²) in [6.07, 6.45) is 2.19. The van der Waals surface area contributed by atoms with Gasteiger partial charge in [0.15, 0.2) is 16.6 Å². The van der Waals surface area contributed by atoms with E-state index in [1.807, 2.05) is 32.2 Å². The smallest absolute Gasteiger partial charge is 0.275 e. The highest BCUT2D eigenvalue weighted by molar-refractivity contribution is 7.16. The van der Waals surface area contributed by atoms with Crippen LogP contribution in [-0.4, -0.2) is 32.1 Å². The zero-order valence-corrected chi connectivity index (χ0v) is 21.4. The van der Waals surface area contributed by atoms with Crippen LogP contribution in [0.15, 0.2) is 40.0 Å². The van der Waals surface area contributed by atoms with Crippen LogP contribution in [0, 0.1) is 18.3 Å². The summed E-state index contributed by atoms with van der Waals surface area (Å²) in [5, 5.41) is 19.4. The predicted molar refractivity (Wildman–Crippen MR) is 138 cm³/mol. The maximum absolute atomic E-state index is 12.5. The van der Waals surface area contributed by atoms with Gasteiger partial charge in [0.25, 0.3) is 11.5 Å². The molecule has 0 saturated carbocycles. The lowest BCUT2D eigenvalue weighted by Gasteiger charge is -2.12. The molecule has 3 heterocycles. The molecule has 0 atom stereocenters. The first-order chi connectivity index (χ1) is 17.4. The molecule has 0 fully saturated rings. The molecule has 1 aromatic carbocycles. The van der Waals surface area contributed by atoms with Crippen LogP contribution in [0.3, 0.4) is 0 Å². The minimum absolute atomic E-state index is 0.0550. The van der Waals surface area contributed by atoms with E-state index in [2.05, 4.69) is 20.4 Å². The fourth-order valence-electron chi connectivity index (χ4n) is 3.16. The number of carbonyl (C=O) groups is 1. The van der Waals surface area contributed by atoms with E-state index in [0.717, 1.165) is 17.1 Å². The Bertz CT molecular complexity index is 1550. The first-order valence-electron chi connectivity index (χ1n) is 11.0. The highest BCUT2D eigenvalue weighted by Gasteiger charge is 2.14. The molecule has 1 amide bonds. The van der Waals surface area contributed by atoms with Crippen molar-refractivity contribution in [3.05, 3.63) is 67.5 Å². The van der Waals surface area contributed by atoms with Crippen molar-refractivity contribution in [3.8, 4) is 17.6 Å². The number of benzene rings is 1. The van der Waals surface area contributed by atoms with Gasteiger partial charge in [-0.05, 0) is 44.0 Å². The monoisotopic (exact) mass is 522 g/mol. The van der Waals surface area contributed by atoms with Crippen molar-refractivity contribution in [1.82, 2.24) is 19.6 Å². The minimum atomic E-state index is -0.549. The third kappa shape index (κ3) is 5.76. The highest BCUT2D eigenvalue weighted by Crippen LogP contribution is 2.30. The summed E-state index contributed by atoms with van der Waals surface area (Å²) in [6, 6.07) is 8.39. The number of aromatic nitrogens is 4. The van der Waals surface area contributed by atoms with Crippen LogP contribution in [0.1, 0.15) is 35.8 Å². The van der Waals surface area contributed by atoms with Crippen LogP contribution >= 0.6 is 22.7 Å². The van der Waals surface area contributed by atoms with Crippen LogP contribution in [0.25, 0.3) is 11.0 Å². The van der Waals surface area contributed by atoms with Crippen molar-refractivity contribution in [2.24, 2.45) is 0 Å². The molecule has 10 nitrogen and oxygen atoms in total. The van der Waals surface area contributed by atoms with Gasteiger partial charge in [0.05, 0.1) is 18.0 Å². The SMILES string of the molecule is CCOc1cc(/C=C(/C#N)C(=O)Nc2nc(C)cs2)ccc1OCc1cc(=O)n2nc(CC)sc2n1. The van der Waals surface area contributed by atoms with Gasteiger partial charge in [-0.15, -0.1) is 11.3 Å². The third-order valence-corrected chi connectivity index (χ3v) is 6.73. The largest absolute Gasteiger partial charge is 0.490 e. The van der Waals surface area contributed by atoms with Gasteiger partial charge in [0.1, 0.15) is 23.3 Å². The summed E-state index contributed by atoms with van der Waals surface area (Å²) in [5.74, 6) is 0.325. The van der Waals surface area contributed by atoms with Gasteiger partial charge in [-0.2, -0.15) is 14.9 Å². The summed E-state index contributed by atoms with van der Waals surface area (Å²) in [4.78, 5) is 34.1. The summed E-state index contributed by atoms with van der Waals surface area (Å²) in [5.41, 5.74) is 1.50. The lowest BCUT2D eigenvalue weighted by atomic mass is 10.1. The lowest BCUT2D eigenvalue weighted by Crippen LogP contribution is -2.16. The summed E-state index contributed by atoms with van der Waals surface area (Å²) < 4.78 is 12.9. The van der Waals surface area contributed by atoms with Gasteiger partial charge in [-0.1, -0.05) is 24.3 Å². The van der Waals surface area contributed by atoms with Crippen LogP contribution in [0.5, 0.6) is 11.5 Å². The highest BCUT2D eigenvalue weighted by atomic mass is 32.1. The molecule has 0 aliphatic rings. The quantitative estimate of drug-likeness (QED) is 0.258. The number of ether oxygens (including phenoxy) is 2. The Morgan fingerprint density at radius 3 is 2.75 bits per heavy atom. The average Bonchev–Trinajstić information content (AvgIpc) is 3.47. The zero-order chi connectivity index (χ0) is 25.7. The topological polar surface area (TPSA) is 132 Å². The standard InChI is InChI=1S/C24H22N6O4S2/c1-4-20-29-30-21(31)10-17(27-24(30)36-20)12-34-18-7-6-15(9-19(18)33-5-2)8-16(11-25)22(32)28-23-26-14(3)13-35-23/h6-10,13H,4-5,12H2,1-3H3,(H,26,28,32)/b16-8-. The third-order valence-electron chi connectivity index (χ3n) is 4.80. The molecular formula is C24H22N6O4S2. The Labute approximate surface area is 214 Å². The van der Waals surface area contributed by atoms with E-state index < -0.39 is 5.91 Å². The normalized spacial score (nSPS) is 11.3. The number of carbonyl (C=O) groups excluding carboxylic acids is 1. The number of thiazole rings is 1. The number of anilines is 1. The molecule has 4 aromatic rings. The van der Waals surface area contributed by atoms with E-state index in [4.69, 9.17) is 9.47 Å². The van der Waals surface area contributed by atoms with Crippen LogP contribution < -0.4 is 20.3 Å². The molecular weight excluding hydrogens is 500 g/mol. The molecule has 0 spiro atoms. The maximum Gasteiger partial charge on any atom is 0.275 e. The Morgan fingerprint density at radius 2 is 2.06 bits per heavy atom. The number of amides is 1. The Morgan fingerprint density at radius 1 is 1.22 bits per heavy atom.